The third-order valence-electron chi connectivity index (χ3n) is 3.77. The molecule has 6 heteroatoms. The predicted molar refractivity (Wildman–Crippen MR) is 91.6 cm³/mol. The van der Waals surface area contributed by atoms with Crippen molar-refractivity contribution >= 4 is 33.2 Å². The molecule has 0 saturated carbocycles. The highest BCUT2D eigenvalue weighted by molar-refractivity contribution is 9.11. The van der Waals surface area contributed by atoms with Crippen LogP contribution in [0.15, 0.2) is 15.9 Å². The van der Waals surface area contributed by atoms with Crippen molar-refractivity contribution in [2.75, 3.05) is 26.2 Å². The number of hydrogen-bond donors (Lipinski definition) is 1. The van der Waals surface area contributed by atoms with Gasteiger partial charge in [-0.15, -0.1) is 11.3 Å². The second-order valence-electron chi connectivity index (χ2n) is 5.86. The van der Waals surface area contributed by atoms with Crippen LogP contribution in [0.5, 0.6) is 0 Å². The summed E-state index contributed by atoms with van der Waals surface area (Å²) in [6.07, 6.45) is 0. The van der Waals surface area contributed by atoms with Gasteiger partial charge in [0.05, 0.1) is 9.83 Å². The summed E-state index contributed by atoms with van der Waals surface area (Å²) in [5, 5.41) is 3.00. The van der Waals surface area contributed by atoms with Crippen LogP contribution in [-0.4, -0.2) is 54.0 Å². The molecule has 2 rings (SSSR count). The van der Waals surface area contributed by atoms with Crippen molar-refractivity contribution in [3.63, 3.8) is 0 Å². The van der Waals surface area contributed by atoms with Gasteiger partial charge in [-0.3, -0.25) is 14.6 Å². The number of nitrogens with one attached hydrogen (secondary N) is 1. The van der Waals surface area contributed by atoms with Crippen LogP contribution in [0.1, 0.15) is 25.6 Å². The lowest BCUT2D eigenvalue weighted by Gasteiger charge is -2.37. The van der Waals surface area contributed by atoms with Crippen LogP contribution < -0.4 is 5.32 Å². The molecular weight excluding hydrogens is 350 g/mol. The molecule has 0 aromatic carbocycles. The summed E-state index contributed by atoms with van der Waals surface area (Å²) in [7, 11) is 0. The highest BCUT2D eigenvalue weighted by Gasteiger charge is 2.25. The highest BCUT2D eigenvalue weighted by Crippen LogP contribution is 2.23. The number of halogens is 1. The van der Waals surface area contributed by atoms with Crippen molar-refractivity contribution in [2.45, 2.75) is 39.4 Å². The Balaban J connectivity index is 1.78. The summed E-state index contributed by atoms with van der Waals surface area (Å²) in [5.41, 5.74) is 0. The van der Waals surface area contributed by atoms with Crippen LogP contribution in [0.4, 0.5) is 0 Å². The molecule has 21 heavy (non-hydrogen) atoms. The van der Waals surface area contributed by atoms with Crippen LogP contribution in [0.2, 0.25) is 0 Å². The van der Waals surface area contributed by atoms with Crippen LogP contribution in [0.3, 0.4) is 0 Å². The second kappa shape index (κ2) is 7.72. The van der Waals surface area contributed by atoms with Gasteiger partial charge < -0.3 is 5.32 Å². The van der Waals surface area contributed by atoms with Gasteiger partial charge in [0.1, 0.15) is 0 Å². The zero-order valence-electron chi connectivity index (χ0n) is 12.9. The smallest absolute Gasteiger partial charge is 0.237 e. The minimum Gasteiger partial charge on any atom is -0.353 e. The van der Waals surface area contributed by atoms with Crippen LogP contribution in [-0.2, 0) is 11.3 Å². The van der Waals surface area contributed by atoms with E-state index in [-0.39, 0.29) is 18.0 Å². The molecule has 0 aliphatic carbocycles. The first-order chi connectivity index (χ1) is 9.95. The number of thiophene rings is 1. The lowest BCUT2D eigenvalue weighted by molar-refractivity contribution is -0.127. The number of carbonyl (C=O) groups excluding carboxylic acids is 1. The lowest BCUT2D eigenvalue weighted by Crippen LogP contribution is -2.54. The Morgan fingerprint density at radius 1 is 1.29 bits per heavy atom. The molecule has 0 radical (unpaired) electrons. The highest BCUT2D eigenvalue weighted by atomic mass is 79.9. The van der Waals surface area contributed by atoms with Crippen molar-refractivity contribution in [3.05, 3.63) is 20.8 Å². The standard InChI is InChI=1S/C15H24BrN3OS/c1-11(2)17-15(20)12(3)19-8-6-18(7-9-19)10-13-4-5-14(16)21-13/h4-5,11-12H,6-10H2,1-3H3,(H,17,20)/t12-/m0/s1. The maximum Gasteiger partial charge on any atom is 0.237 e. The summed E-state index contributed by atoms with van der Waals surface area (Å²) >= 11 is 5.31. The zero-order valence-corrected chi connectivity index (χ0v) is 15.3. The molecule has 0 unspecified atom stereocenters. The second-order valence-corrected chi connectivity index (χ2v) is 8.40. The van der Waals surface area contributed by atoms with Crippen molar-refractivity contribution in [1.29, 1.82) is 0 Å². The van der Waals surface area contributed by atoms with E-state index in [1.54, 1.807) is 11.3 Å². The number of piperazine rings is 1. The van der Waals surface area contributed by atoms with Crippen LogP contribution >= 0.6 is 27.3 Å². The van der Waals surface area contributed by atoms with Gasteiger partial charge in [0.15, 0.2) is 0 Å². The fourth-order valence-corrected chi connectivity index (χ4v) is 4.06. The van der Waals surface area contributed by atoms with Gasteiger partial charge in [-0.05, 0) is 48.8 Å². The Kier molecular flexibility index (Phi) is 6.22. The van der Waals surface area contributed by atoms with E-state index in [9.17, 15) is 4.79 Å². The molecule has 1 atom stereocenters. The Labute approximate surface area is 139 Å². The van der Waals surface area contributed by atoms with E-state index in [4.69, 9.17) is 0 Å². The average molecular weight is 374 g/mol. The minimum absolute atomic E-state index is 0.0366. The molecule has 4 nitrogen and oxygen atoms in total. The van der Waals surface area contributed by atoms with Gasteiger partial charge in [-0.25, -0.2) is 0 Å². The molecule has 1 amide bonds. The first kappa shape index (κ1) is 16.9. The Hall–Kier alpha value is -0.430. The first-order valence-corrected chi connectivity index (χ1v) is 9.07. The molecule has 1 aromatic rings. The summed E-state index contributed by atoms with van der Waals surface area (Å²) in [6, 6.07) is 4.46. The number of carbonyl (C=O) groups is 1. The first-order valence-electron chi connectivity index (χ1n) is 7.46. The third kappa shape index (κ3) is 5.06. The van der Waals surface area contributed by atoms with Gasteiger partial charge in [0.2, 0.25) is 5.91 Å². The Morgan fingerprint density at radius 2 is 1.95 bits per heavy atom. The predicted octanol–water partition coefficient (Wildman–Crippen LogP) is 2.54. The van der Waals surface area contributed by atoms with E-state index >= 15 is 0 Å². The summed E-state index contributed by atoms with van der Waals surface area (Å²) in [5.74, 6) is 0.139. The van der Waals surface area contributed by atoms with Crippen molar-refractivity contribution in [1.82, 2.24) is 15.1 Å². The zero-order chi connectivity index (χ0) is 15.4. The van der Waals surface area contributed by atoms with Crippen LogP contribution in [0, 0.1) is 0 Å². The molecule has 0 bridgehead atoms. The Morgan fingerprint density at radius 3 is 2.48 bits per heavy atom. The van der Waals surface area contributed by atoms with Crippen LogP contribution in [0.25, 0.3) is 0 Å². The summed E-state index contributed by atoms with van der Waals surface area (Å²) in [4.78, 5) is 18.2. The average Bonchev–Trinajstić information content (AvgIpc) is 2.83. The van der Waals surface area contributed by atoms with Gasteiger partial charge in [-0.1, -0.05) is 0 Å². The molecule has 1 saturated heterocycles. The maximum absolute atomic E-state index is 12.1. The largest absolute Gasteiger partial charge is 0.353 e. The Bertz CT molecular complexity index is 469. The van der Waals surface area contributed by atoms with Crippen molar-refractivity contribution in [3.8, 4) is 0 Å². The molecule has 1 aromatic heterocycles. The quantitative estimate of drug-likeness (QED) is 0.861. The topological polar surface area (TPSA) is 35.6 Å². The lowest BCUT2D eigenvalue weighted by atomic mass is 10.2. The monoisotopic (exact) mass is 373 g/mol. The molecule has 1 fully saturated rings. The molecule has 1 N–H and O–H groups in total. The third-order valence-corrected chi connectivity index (χ3v) is 5.38. The fourth-order valence-electron chi connectivity index (χ4n) is 2.54. The summed E-state index contributed by atoms with van der Waals surface area (Å²) < 4.78 is 1.19. The van der Waals surface area contributed by atoms with E-state index < -0.39 is 0 Å². The summed E-state index contributed by atoms with van der Waals surface area (Å²) in [6.45, 7) is 11.0. The van der Waals surface area contributed by atoms with Gasteiger partial charge in [0, 0.05) is 43.6 Å². The van der Waals surface area contributed by atoms with E-state index in [1.165, 1.54) is 8.66 Å². The van der Waals surface area contributed by atoms with Gasteiger partial charge in [-0.2, -0.15) is 0 Å². The number of rotatable bonds is 5. The van der Waals surface area contributed by atoms with E-state index in [2.05, 4.69) is 43.2 Å². The molecule has 1 aliphatic rings. The van der Waals surface area contributed by atoms with E-state index in [0.717, 1.165) is 32.7 Å². The van der Waals surface area contributed by atoms with Crippen molar-refractivity contribution in [2.24, 2.45) is 0 Å². The number of amides is 1. The minimum atomic E-state index is -0.0366. The maximum atomic E-state index is 12.1. The van der Waals surface area contributed by atoms with Gasteiger partial charge >= 0.3 is 0 Å². The molecular formula is C15H24BrN3OS. The van der Waals surface area contributed by atoms with E-state index in [1.807, 2.05) is 20.8 Å². The molecule has 118 valence electrons. The van der Waals surface area contributed by atoms with E-state index in [0.29, 0.717) is 0 Å². The normalized spacial score (nSPS) is 18.9. The molecule has 0 spiro atoms. The van der Waals surface area contributed by atoms with Gasteiger partial charge in [0.25, 0.3) is 0 Å². The number of nitrogens with zero attached hydrogens (tertiary/aromatic N) is 2. The molecule has 2 heterocycles. The SMILES string of the molecule is CC(C)NC(=O)[C@H](C)N1CCN(Cc2ccc(Br)s2)CC1. The van der Waals surface area contributed by atoms with Crippen molar-refractivity contribution < 1.29 is 4.79 Å². The number of hydrogen-bond acceptors (Lipinski definition) is 4. The fraction of sp³-hybridized carbons (Fsp3) is 0.667. The molecule has 1 aliphatic heterocycles.